The molecule has 25 heavy (non-hydrogen) atoms. The summed E-state index contributed by atoms with van der Waals surface area (Å²) in [6.45, 7) is 6.59. The summed E-state index contributed by atoms with van der Waals surface area (Å²) in [6, 6.07) is 16.3. The number of methoxy groups -OCH3 is 1. The third-order valence-electron chi connectivity index (χ3n) is 3.93. The monoisotopic (exact) mass is 354 g/mol. The molecular formula is C20H22N2O2S. The molecule has 4 nitrogen and oxygen atoms in total. The first kappa shape index (κ1) is 17.5. The number of ether oxygens (including phenoxy) is 1. The van der Waals surface area contributed by atoms with Gasteiger partial charge in [-0.1, -0.05) is 56.8 Å². The number of hydrogen-bond donors (Lipinski definition) is 0. The number of hydrogen-bond acceptors (Lipinski definition) is 5. The standard InChI is InChI=1S/C20H22N2O2S/c1-20(2,3)16-9-7-15(8-10-16)18-21-22-19(24-18)25-13-14-5-11-17(23-4)12-6-14/h5-12H,13H2,1-4H3. The van der Waals surface area contributed by atoms with E-state index in [1.165, 1.54) is 22.9 Å². The molecule has 0 bridgehead atoms. The third-order valence-corrected chi connectivity index (χ3v) is 4.82. The number of thioether (sulfide) groups is 1. The highest BCUT2D eigenvalue weighted by Crippen LogP contribution is 2.28. The van der Waals surface area contributed by atoms with Gasteiger partial charge < -0.3 is 9.15 Å². The maximum absolute atomic E-state index is 5.78. The van der Waals surface area contributed by atoms with E-state index in [-0.39, 0.29) is 5.41 Å². The minimum atomic E-state index is 0.132. The van der Waals surface area contributed by atoms with E-state index in [2.05, 4.69) is 43.1 Å². The van der Waals surface area contributed by atoms with Crippen molar-refractivity contribution < 1.29 is 9.15 Å². The van der Waals surface area contributed by atoms with E-state index in [9.17, 15) is 0 Å². The van der Waals surface area contributed by atoms with Gasteiger partial charge >= 0.3 is 0 Å². The van der Waals surface area contributed by atoms with E-state index in [4.69, 9.17) is 9.15 Å². The van der Waals surface area contributed by atoms with Crippen LogP contribution in [0, 0.1) is 0 Å². The lowest BCUT2D eigenvalue weighted by molar-refractivity contribution is 0.414. The fourth-order valence-corrected chi connectivity index (χ4v) is 3.08. The average molecular weight is 354 g/mol. The van der Waals surface area contributed by atoms with Gasteiger partial charge in [-0.05, 0) is 40.8 Å². The summed E-state index contributed by atoms with van der Waals surface area (Å²) in [6.07, 6.45) is 0. The Hall–Kier alpha value is -2.27. The molecule has 0 unspecified atom stereocenters. The van der Waals surface area contributed by atoms with Gasteiger partial charge in [0, 0.05) is 11.3 Å². The first-order valence-electron chi connectivity index (χ1n) is 8.16. The van der Waals surface area contributed by atoms with E-state index in [0.29, 0.717) is 11.1 Å². The zero-order valence-electron chi connectivity index (χ0n) is 14.9. The van der Waals surface area contributed by atoms with Crippen molar-refractivity contribution in [2.45, 2.75) is 37.2 Å². The van der Waals surface area contributed by atoms with Crippen molar-refractivity contribution in [1.82, 2.24) is 10.2 Å². The van der Waals surface area contributed by atoms with Crippen molar-refractivity contribution in [1.29, 1.82) is 0 Å². The summed E-state index contributed by atoms with van der Waals surface area (Å²) in [4.78, 5) is 0. The van der Waals surface area contributed by atoms with Crippen LogP contribution in [0.15, 0.2) is 58.2 Å². The van der Waals surface area contributed by atoms with E-state index in [1.54, 1.807) is 7.11 Å². The summed E-state index contributed by atoms with van der Waals surface area (Å²) < 4.78 is 10.9. The van der Waals surface area contributed by atoms with Crippen LogP contribution in [0.3, 0.4) is 0 Å². The molecule has 0 N–H and O–H groups in total. The van der Waals surface area contributed by atoms with Gasteiger partial charge in [0.25, 0.3) is 5.22 Å². The van der Waals surface area contributed by atoms with Crippen molar-refractivity contribution in [3.05, 3.63) is 59.7 Å². The van der Waals surface area contributed by atoms with Gasteiger partial charge in [0.15, 0.2) is 0 Å². The van der Waals surface area contributed by atoms with Crippen LogP contribution in [0.4, 0.5) is 0 Å². The zero-order valence-corrected chi connectivity index (χ0v) is 15.8. The Labute approximate surface area is 152 Å². The van der Waals surface area contributed by atoms with Crippen LogP contribution in [0.5, 0.6) is 5.75 Å². The molecule has 130 valence electrons. The lowest BCUT2D eigenvalue weighted by Gasteiger charge is -2.18. The Bertz CT molecular complexity index is 818. The van der Waals surface area contributed by atoms with Gasteiger partial charge in [-0.3, -0.25) is 0 Å². The molecule has 0 aliphatic heterocycles. The lowest BCUT2D eigenvalue weighted by Crippen LogP contribution is -2.10. The Morgan fingerprint density at radius 3 is 2.24 bits per heavy atom. The second kappa shape index (κ2) is 7.31. The number of aromatic nitrogens is 2. The highest BCUT2D eigenvalue weighted by atomic mass is 32.2. The van der Waals surface area contributed by atoms with Crippen LogP contribution in [-0.2, 0) is 11.2 Å². The maximum Gasteiger partial charge on any atom is 0.277 e. The maximum atomic E-state index is 5.78. The smallest absolute Gasteiger partial charge is 0.277 e. The Morgan fingerprint density at radius 1 is 0.960 bits per heavy atom. The van der Waals surface area contributed by atoms with Gasteiger partial charge in [0.2, 0.25) is 5.89 Å². The van der Waals surface area contributed by atoms with Crippen LogP contribution in [0.1, 0.15) is 31.9 Å². The van der Waals surface area contributed by atoms with Crippen molar-refractivity contribution >= 4 is 11.8 Å². The normalized spacial score (nSPS) is 11.5. The van der Waals surface area contributed by atoms with Crippen molar-refractivity contribution in [2.75, 3.05) is 7.11 Å². The van der Waals surface area contributed by atoms with E-state index >= 15 is 0 Å². The summed E-state index contributed by atoms with van der Waals surface area (Å²) >= 11 is 1.53. The fourth-order valence-electron chi connectivity index (χ4n) is 2.36. The predicted molar refractivity (Wildman–Crippen MR) is 101 cm³/mol. The molecule has 2 aromatic carbocycles. The summed E-state index contributed by atoms with van der Waals surface area (Å²) in [5, 5.41) is 8.87. The topological polar surface area (TPSA) is 48.2 Å². The molecule has 1 aromatic heterocycles. The quantitative estimate of drug-likeness (QED) is 0.579. The summed E-state index contributed by atoms with van der Waals surface area (Å²) in [5.74, 6) is 2.18. The molecule has 0 fully saturated rings. The van der Waals surface area contributed by atoms with Crippen molar-refractivity contribution in [3.63, 3.8) is 0 Å². The third kappa shape index (κ3) is 4.42. The molecule has 0 atom stereocenters. The lowest BCUT2D eigenvalue weighted by atomic mass is 9.87. The molecule has 0 aliphatic rings. The highest BCUT2D eigenvalue weighted by molar-refractivity contribution is 7.98. The summed E-state index contributed by atoms with van der Waals surface area (Å²) in [7, 11) is 1.66. The van der Waals surface area contributed by atoms with Gasteiger partial charge in [0.1, 0.15) is 5.75 Å². The van der Waals surface area contributed by atoms with Crippen molar-refractivity contribution in [2.24, 2.45) is 0 Å². The first-order valence-corrected chi connectivity index (χ1v) is 9.14. The SMILES string of the molecule is COc1ccc(CSc2nnc(-c3ccc(C(C)(C)C)cc3)o2)cc1. The van der Waals surface area contributed by atoms with Crippen molar-refractivity contribution in [3.8, 4) is 17.2 Å². The van der Waals surface area contributed by atoms with Crippen LogP contribution in [0.25, 0.3) is 11.5 Å². The van der Waals surface area contributed by atoms with Crippen LogP contribution < -0.4 is 4.74 Å². The zero-order chi connectivity index (χ0) is 17.9. The van der Waals surface area contributed by atoms with Gasteiger partial charge in [-0.15, -0.1) is 10.2 Å². The fraction of sp³-hybridized carbons (Fsp3) is 0.300. The molecule has 0 amide bonds. The molecule has 0 saturated carbocycles. The highest BCUT2D eigenvalue weighted by Gasteiger charge is 2.15. The second-order valence-electron chi connectivity index (χ2n) is 6.84. The molecule has 3 rings (SSSR count). The molecule has 0 aliphatic carbocycles. The molecule has 5 heteroatoms. The van der Waals surface area contributed by atoms with Gasteiger partial charge in [0.05, 0.1) is 7.11 Å². The number of nitrogens with zero attached hydrogens (tertiary/aromatic N) is 2. The van der Waals surface area contributed by atoms with Crippen LogP contribution in [0.2, 0.25) is 0 Å². The molecule has 3 aromatic rings. The molecule has 0 saturated heterocycles. The second-order valence-corrected chi connectivity index (χ2v) is 7.76. The number of rotatable bonds is 5. The molecule has 1 heterocycles. The largest absolute Gasteiger partial charge is 0.497 e. The van der Waals surface area contributed by atoms with Gasteiger partial charge in [-0.2, -0.15) is 0 Å². The average Bonchev–Trinajstić information content (AvgIpc) is 3.09. The van der Waals surface area contributed by atoms with E-state index in [1.807, 2.05) is 36.4 Å². The first-order chi connectivity index (χ1) is 12.0. The molecule has 0 spiro atoms. The number of benzene rings is 2. The molecular weight excluding hydrogens is 332 g/mol. The minimum absolute atomic E-state index is 0.132. The van der Waals surface area contributed by atoms with Crippen LogP contribution in [-0.4, -0.2) is 17.3 Å². The Morgan fingerprint density at radius 2 is 1.64 bits per heavy atom. The van der Waals surface area contributed by atoms with E-state index < -0.39 is 0 Å². The Kier molecular flexibility index (Phi) is 5.13. The minimum Gasteiger partial charge on any atom is -0.497 e. The van der Waals surface area contributed by atoms with Gasteiger partial charge in [-0.25, -0.2) is 0 Å². The predicted octanol–water partition coefficient (Wildman–Crippen LogP) is 5.34. The summed E-state index contributed by atoms with van der Waals surface area (Å²) in [5.41, 5.74) is 3.54. The van der Waals surface area contributed by atoms with E-state index in [0.717, 1.165) is 17.1 Å². The van der Waals surface area contributed by atoms with Crippen LogP contribution >= 0.6 is 11.8 Å². The molecule has 0 radical (unpaired) electrons. The Balaban J connectivity index is 1.65.